The zero-order valence-electron chi connectivity index (χ0n) is 11.8. The second-order valence-corrected chi connectivity index (χ2v) is 8.01. The summed E-state index contributed by atoms with van der Waals surface area (Å²) in [6.45, 7) is 9.59. The lowest BCUT2D eigenvalue weighted by molar-refractivity contribution is 0.142. The van der Waals surface area contributed by atoms with Crippen molar-refractivity contribution in [2.75, 3.05) is 6.16 Å². The number of hydrogen-bond acceptors (Lipinski definition) is 4. The minimum Gasteiger partial charge on any atom is -0.306 e. The molecule has 18 heavy (non-hydrogen) atoms. The predicted octanol–water partition coefficient (Wildman–Crippen LogP) is 4.89. The lowest BCUT2D eigenvalue weighted by Gasteiger charge is -2.24. The summed E-state index contributed by atoms with van der Waals surface area (Å²) < 4.78 is 23.8. The molecule has 0 aromatic carbocycles. The van der Waals surface area contributed by atoms with Crippen LogP contribution in [0.2, 0.25) is 0 Å². The summed E-state index contributed by atoms with van der Waals surface area (Å²) in [6, 6.07) is 4.07. The molecule has 0 saturated carbocycles. The van der Waals surface area contributed by atoms with Crippen molar-refractivity contribution >= 4 is 18.9 Å². The van der Waals surface area contributed by atoms with Crippen molar-refractivity contribution in [3.63, 3.8) is 0 Å². The smallest absolute Gasteiger partial charge is 0.306 e. The average Bonchev–Trinajstić information content (AvgIpc) is 2.65. The van der Waals surface area contributed by atoms with E-state index in [-0.39, 0.29) is 18.1 Å². The van der Waals surface area contributed by atoms with Gasteiger partial charge in [-0.1, -0.05) is 13.0 Å². The Morgan fingerprint density at radius 2 is 1.72 bits per heavy atom. The second kappa shape index (κ2) is 6.85. The highest BCUT2D eigenvalue weighted by molar-refractivity contribution is 7.53. The molecule has 0 unspecified atom stereocenters. The SMILES string of the molecule is CC(C)OP(=O)(C[C@@H](C)c1cccs1)OC(C)C. The van der Waals surface area contributed by atoms with E-state index in [0.29, 0.717) is 6.16 Å². The fraction of sp³-hybridized carbons (Fsp3) is 0.692. The first-order chi connectivity index (χ1) is 8.32. The Morgan fingerprint density at radius 3 is 2.11 bits per heavy atom. The molecule has 1 atom stereocenters. The highest BCUT2D eigenvalue weighted by Gasteiger charge is 2.30. The predicted molar refractivity (Wildman–Crippen MR) is 77.6 cm³/mol. The molecule has 0 amide bonds. The number of rotatable bonds is 7. The van der Waals surface area contributed by atoms with Crippen molar-refractivity contribution < 1.29 is 13.6 Å². The third kappa shape index (κ3) is 5.23. The van der Waals surface area contributed by atoms with Gasteiger partial charge in [-0.05, 0) is 39.1 Å². The summed E-state index contributed by atoms with van der Waals surface area (Å²) >= 11 is 1.68. The molecule has 1 aromatic rings. The fourth-order valence-corrected chi connectivity index (χ4v) is 5.04. The van der Waals surface area contributed by atoms with Crippen LogP contribution in [0.1, 0.15) is 45.4 Å². The standard InChI is InChI=1S/C13H23O3PS/c1-10(2)15-17(14,16-11(3)4)9-12(5)13-7-6-8-18-13/h6-8,10-12H,9H2,1-5H3/t12-/m1/s1. The highest BCUT2D eigenvalue weighted by Crippen LogP contribution is 2.53. The van der Waals surface area contributed by atoms with Crippen LogP contribution in [0.25, 0.3) is 0 Å². The van der Waals surface area contributed by atoms with Crippen LogP contribution >= 0.6 is 18.9 Å². The van der Waals surface area contributed by atoms with Gasteiger partial charge in [0, 0.05) is 10.8 Å². The van der Waals surface area contributed by atoms with E-state index < -0.39 is 7.60 Å². The molecule has 0 saturated heterocycles. The van der Waals surface area contributed by atoms with Crippen LogP contribution in [0, 0.1) is 0 Å². The molecular weight excluding hydrogens is 267 g/mol. The van der Waals surface area contributed by atoms with Gasteiger partial charge in [-0.2, -0.15) is 0 Å². The molecule has 0 spiro atoms. The molecule has 0 aliphatic rings. The summed E-state index contributed by atoms with van der Waals surface area (Å²) in [5.41, 5.74) is 0. The Balaban J connectivity index is 2.75. The van der Waals surface area contributed by atoms with Gasteiger partial charge in [-0.3, -0.25) is 4.57 Å². The third-order valence-corrected chi connectivity index (χ3v) is 5.85. The molecule has 1 aromatic heterocycles. The van der Waals surface area contributed by atoms with Crippen molar-refractivity contribution in [1.29, 1.82) is 0 Å². The largest absolute Gasteiger partial charge is 0.331 e. The summed E-state index contributed by atoms with van der Waals surface area (Å²) in [4.78, 5) is 1.22. The van der Waals surface area contributed by atoms with Crippen LogP contribution in [-0.2, 0) is 13.6 Å². The van der Waals surface area contributed by atoms with Crippen molar-refractivity contribution in [2.45, 2.75) is 52.7 Å². The lowest BCUT2D eigenvalue weighted by Crippen LogP contribution is -2.12. The normalized spacial score (nSPS) is 14.4. The lowest BCUT2D eigenvalue weighted by atomic mass is 10.2. The fourth-order valence-electron chi connectivity index (χ4n) is 1.75. The summed E-state index contributed by atoms with van der Waals surface area (Å²) in [6.07, 6.45) is 0.249. The van der Waals surface area contributed by atoms with Gasteiger partial charge < -0.3 is 9.05 Å². The molecule has 0 aliphatic carbocycles. The molecule has 0 bridgehead atoms. The molecule has 0 aliphatic heterocycles. The average molecular weight is 290 g/mol. The Kier molecular flexibility index (Phi) is 6.06. The zero-order valence-corrected chi connectivity index (χ0v) is 13.5. The van der Waals surface area contributed by atoms with Gasteiger partial charge in [0.15, 0.2) is 0 Å². The van der Waals surface area contributed by atoms with E-state index in [4.69, 9.17) is 9.05 Å². The van der Waals surface area contributed by atoms with E-state index in [1.165, 1.54) is 4.88 Å². The second-order valence-electron chi connectivity index (χ2n) is 5.02. The topological polar surface area (TPSA) is 35.5 Å². The van der Waals surface area contributed by atoms with Gasteiger partial charge in [0.2, 0.25) is 0 Å². The maximum absolute atomic E-state index is 12.7. The van der Waals surface area contributed by atoms with Crippen molar-refractivity contribution in [3.8, 4) is 0 Å². The third-order valence-electron chi connectivity index (χ3n) is 2.27. The van der Waals surface area contributed by atoms with Gasteiger partial charge in [-0.25, -0.2) is 0 Å². The first kappa shape index (κ1) is 15.9. The molecular formula is C13H23O3PS. The monoisotopic (exact) mass is 290 g/mol. The quantitative estimate of drug-likeness (QED) is 0.670. The minimum atomic E-state index is -3.02. The van der Waals surface area contributed by atoms with E-state index in [2.05, 4.69) is 13.0 Å². The Bertz CT molecular complexity index is 373. The Labute approximate surface area is 114 Å². The van der Waals surface area contributed by atoms with Gasteiger partial charge in [0.1, 0.15) is 0 Å². The minimum absolute atomic E-state index is 0.0925. The van der Waals surface area contributed by atoms with Crippen molar-refractivity contribution in [2.24, 2.45) is 0 Å². The molecule has 1 heterocycles. The van der Waals surface area contributed by atoms with E-state index >= 15 is 0 Å². The molecule has 3 nitrogen and oxygen atoms in total. The maximum atomic E-state index is 12.7. The molecule has 1 rings (SSSR count). The zero-order chi connectivity index (χ0) is 13.8. The Hall–Kier alpha value is -0.150. The van der Waals surface area contributed by atoms with E-state index in [9.17, 15) is 4.57 Å². The summed E-state index contributed by atoms with van der Waals surface area (Å²) in [7, 11) is -3.02. The van der Waals surface area contributed by atoms with Crippen molar-refractivity contribution in [1.82, 2.24) is 0 Å². The first-order valence-electron chi connectivity index (χ1n) is 6.31. The molecule has 0 radical (unpaired) electrons. The van der Waals surface area contributed by atoms with Crippen LogP contribution in [-0.4, -0.2) is 18.4 Å². The van der Waals surface area contributed by atoms with E-state index in [0.717, 1.165) is 0 Å². The van der Waals surface area contributed by atoms with Gasteiger partial charge in [0.25, 0.3) is 0 Å². The van der Waals surface area contributed by atoms with Crippen LogP contribution in [0.15, 0.2) is 17.5 Å². The number of thiophene rings is 1. The molecule has 0 fully saturated rings. The van der Waals surface area contributed by atoms with Crippen LogP contribution in [0.3, 0.4) is 0 Å². The van der Waals surface area contributed by atoms with Crippen LogP contribution in [0.5, 0.6) is 0 Å². The Morgan fingerprint density at radius 1 is 1.17 bits per heavy atom. The summed E-state index contributed by atoms with van der Waals surface area (Å²) in [5.74, 6) is 0.188. The molecule has 5 heteroatoms. The van der Waals surface area contributed by atoms with E-state index in [1.807, 2.05) is 39.1 Å². The highest BCUT2D eigenvalue weighted by atomic mass is 32.1. The van der Waals surface area contributed by atoms with Crippen molar-refractivity contribution in [3.05, 3.63) is 22.4 Å². The maximum Gasteiger partial charge on any atom is 0.331 e. The molecule has 0 N–H and O–H groups in total. The van der Waals surface area contributed by atoms with Crippen LogP contribution in [0.4, 0.5) is 0 Å². The van der Waals surface area contributed by atoms with Gasteiger partial charge in [-0.15, -0.1) is 11.3 Å². The van der Waals surface area contributed by atoms with E-state index in [1.54, 1.807) is 11.3 Å². The first-order valence-corrected chi connectivity index (χ1v) is 8.92. The van der Waals surface area contributed by atoms with Gasteiger partial charge >= 0.3 is 7.60 Å². The molecule has 104 valence electrons. The van der Waals surface area contributed by atoms with Crippen LogP contribution < -0.4 is 0 Å². The number of hydrogen-bond donors (Lipinski definition) is 0. The van der Waals surface area contributed by atoms with Gasteiger partial charge in [0.05, 0.1) is 18.4 Å². The summed E-state index contributed by atoms with van der Waals surface area (Å²) in [5, 5.41) is 2.03.